The molecule has 8 heteroatoms. The van der Waals surface area contributed by atoms with Crippen molar-refractivity contribution >= 4 is 17.6 Å². The van der Waals surface area contributed by atoms with Gasteiger partial charge in [-0.2, -0.15) is 13.2 Å². The van der Waals surface area contributed by atoms with Gasteiger partial charge in [-0.25, -0.2) is 4.79 Å². The van der Waals surface area contributed by atoms with Crippen molar-refractivity contribution in [1.82, 2.24) is 4.98 Å². The normalized spacial score (nSPS) is 10.1. The molecular weight excluding hydrogens is 239 g/mol. The molecule has 15 heavy (non-hydrogen) atoms. The van der Waals surface area contributed by atoms with E-state index < -0.39 is 12.1 Å². The predicted octanol–water partition coefficient (Wildman–Crippen LogP) is 2.07. The van der Waals surface area contributed by atoms with Crippen LogP contribution in [0, 0.1) is 0 Å². The monoisotopic (exact) mass is 243 g/mol. The average molecular weight is 244 g/mol. The lowest BCUT2D eigenvalue weighted by Gasteiger charge is -1.93. The summed E-state index contributed by atoms with van der Waals surface area (Å²) in [5, 5.41) is 16.2. The number of hydrogen-bond acceptors (Lipinski definition) is 3. The Kier molecular flexibility index (Phi) is 4.86. The van der Waals surface area contributed by atoms with E-state index in [4.69, 9.17) is 26.6 Å². The van der Waals surface area contributed by atoms with Gasteiger partial charge in [-0.3, -0.25) is 4.98 Å². The van der Waals surface area contributed by atoms with Crippen molar-refractivity contribution in [1.29, 1.82) is 0 Å². The molecule has 0 unspecified atom stereocenters. The highest BCUT2D eigenvalue weighted by atomic mass is 35.5. The van der Waals surface area contributed by atoms with Gasteiger partial charge in [-0.15, -0.1) is 0 Å². The number of carbonyl (C=O) groups is 1. The van der Waals surface area contributed by atoms with E-state index in [0.29, 0.717) is 5.02 Å². The Labute approximate surface area is 86.9 Å². The molecule has 1 aromatic heterocycles. The summed E-state index contributed by atoms with van der Waals surface area (Å²) < 4.78 is 31.7. The second-order valence-electron chi connectivity index (χ2n) is 2.13. The van der Waals surface area contributed by atoms with Gasteiger partial charge >= 0.3 is 12.1 Å². The molecule has 0 fully saturated rings. The predicted molar refractivity (Wildman–Crippen MR) is 44.6 cm³/mol. The van der Waals surface area contributed by atoms with Crippen molar-refractivity contribution in [3.05, 3.63) is 23.5 Å². The lowest BCUT2D eigenvalue weighted by molar-refractivity contribution is -0.192. The van der Waals surface area contributed by atoms with Gasteiger partial charge in [-0.05, 0) is 6.07 Å². The Bertz CT molecular complexity index is 321. The van der Waals surface area contributed by atoms with Gasteiger partial charge in [-0.1, -0.05) is 11.6 Å². The molecule has 0 spiro atoms. The summed E-state index contributed by atoms with van der Waals surface area (Å²) in [7, 11) is 0. The smallest absolute Gasteiger partial charge is 0.490 e. The molecule has 0 aliphatic rings. The number of pyridine rings is 1. The molecule has 4 nitrogen and oxygen atoms in total. The third-order valence-electron chi connectivity index (χ3n) is 0.991. The van der Waals surface area contributed by atoms with Crippen molar-refractivity contribution in [3.8, 4) is 5.75 Å². The van der Waals surface area contributed by atoms with E-state index in [9.17, 15) is 13.2 Å². The minimum Gasteiger partial charge on any atom is -0.505 e. The fraction of sp³-hybridized carbons (Fsp3) is 0.143. The second kappa shape index (κ2) is 5.40. The molecular formula is C7H5ClF3NO3. The van der Waals surface area contributed by atoms with E-state index in [1.165, 1.54) is 18.5 Å². The first-order chi connectivity index (χ1) is 6.75. The van der Waals surface area contributed by atoms with Crippen LogP contribution >= 0.6 is 11.6 Å². The zero-order valence-corrected chi connectivity index (χ0v) is 7.75. The summed E-state index contributed by atoms with van der Waals surface area (Å²) in [5.74, 6) is -2.73. The number of aromatic nitrogens is 1. The third-order valence-corrected chi connectivity index (χ3v) is 1.31. The molecule has 1 aromatic rings. The molecule has 0 bridgehead atoms. The van der Waals surface area contributed by atoms with Crippen LogP contribution in [0.5, 0.6) is 5.75 Å². The van der Waals surface area contributed by atoms with E-state index >= 15 is 0 Å². The average Bonchev–Trinajstić information content (AvgIpc) is 2.09. The van der Waals surface area contributed by atoms with E-state index in [-0.39, 0.29) is 5.75 Å². The van der Waals surface area contributed by atoms with Crippen molar-refractivity contribution in [2.45, 2.75) is 6.18 Å². The number of carboxylic acid groups (broad SMARTS) is 1. The molecule has 0 aromatic carbocycles. The summed E-state index contributed by atoms with van der Waals surface area (Å²) in [6.07, 6.45) is -2.27. The molecule has 84 valence electrons. The second-order valence-corrected chi connectivity index (χ2v) is 2.54. The van der Waals surface area contributed by atoms with Crippen LogP contribution in [-0.4, -0.2) is 27.3 Å². The van der Waals surface area contributed by atoms with Crippen molar-refractivity contribution in [3.63, 3.8) is 0 Å². The third kappa shape index (κ3) is 5.74. The Morgan fingerprint density at radius 1 is 1.47 bits per heavy atom. The minimum atomic E-state index is -5.08. The zero-order valence-electron chi connectivity index (χ0n) is 6.99. The summed E-state index contributed by atoms with van der Waals surface area (Å²) in [6.45, 7) is 0. The van der Waals surface area contributed by atoms with Gasteiger partial charge in [0.15, 0.2) is 5.75 Å². The molecule has 1 heterocycles. The molecule has 0 radical (unpaired) electrons. The number of hydrogen-bond donors (Lipinski definition) is 2. The first-order valence-corrected chi connectivity index (χ1v) is 3.71. The van der Waals surface area contributed by atoms with Crippen LogP contribution in [-0.2, 0) is 4.79 Å². The molecule has 0 aliphatic heterocycles. The van der Waals surface area contributed by atoms with Gasteiger partial charge in [0.05, 0.1) is 11.2 Å². The fourth-order valence-electron chi connectivity index (χ4n) is 0.369. The van der Waals surface area contributed by atoms with Crippen molar-refractivity contribution in [2.24, 2.45) is 0 Å². The summed E-state index contributed by atoms with van der Waals surface area (Å²) in [6, 6.07) is 1.52. The largest absolute Gasteiger partial charge is 0.505 e. The number of nitrogens with zero attached hydrogens (tertiary/aromatic N) is 1. The Hall–Kier alpha value is -1.50. The van der Waals surface area contributed by atoms with E-state index in [2.05, 4.69) is 4.98 Å². The van der Waals surface area contributed by atoms with Gasteiger partial charge in [0, 0.05) is 6.20 Å². The Morgan fingerprint density at radius 2 is 1.93 bits per heavy atom. The Balaban J connectivity index is 0.000000265. The van der Waals surface area contributed by atoms with Crippen molar-refractivity contribution in [2.75, 3.05) is 0 Å². The lowest BCUT2D eigenvalue weighted by atomic mass is 10.5. The number of halogens is 4. The number of aliphatic carboxylic acids is 1. The zero-order chi connectivity index (χ0) is 12.1. The molecule has 0 saturated heterocycles. The van der Waals surface area contributed by atoms with E-state index in [1.807, 2.05) is 0 Å². The SMILES string of the molecule is O=C(O)C(F)(F)F.Oc1cnccc1Cl. The van der Waals surface area contributed by atoms with Gasteiger partial charge in [0.25, 0.3) is 0 Å². The van der Waals surface area contributed by atoms with Crippen LogP contribution in [0.2, 0.25) is 5.02 Å². The first kappa shape index (κ1) is 13.5. The minimum absolute atomic E-state index is 0.0224. The number of carboxylic acids is 1. The molecule has 0 aliphatic carbocycles. The van der Waals surface area contributed by atoms with E-state index in [1.54, 1.807) is 0 Å². The molecule has 2 N–H and O–H groups in total. The van der Waals surface area contributed by atoms with E-state index in [0.717, 1.165) is 0 Å². The van der Waals surface area contributed by atoms with Crippen LogP contribution in [0.15, 0.2) is 18.5 Å². The standard InChI is InChI=1S/C5H4ClNO.C2HF3O2/c6-4-1-2-7-3-5(4)8;3-2(4,5)1(6)7/h1-3,8H;(H,6,7). The number of alkyl halides is 3. The maximum atomic E-state index is 10.6. The highest BCUT2D eigenvalue weighted by Crippen LogP contribution is 2.18. The highest BCUT2D eigenvalue weighted by Gasteiger charge is 2.38. The first-order valence-electron chi connectivity index (χ1n) is 3.33. The van der Waals surface area contributed by atoms with Gasteiger partial charge < -0.3 is 10.2 Å². The van der Waals surface area contributed by atoms with Gasteiger partial charge in [0.1, 0.15) is 0 Å². The van der Waals surface area contributed by atoms with Gasteiger partial charge in [0.2, 0.25) is 0 Å². The maximum Gasteiger partial charge on any atom is 0.490 e. The topological polar surface area (TPSA) is 70.4 Å². The summed E-state index contributed by atoms with van der Waals surface area (Å²) >= 11 is 5.42. The quantitative estimate of drug-likeness (QED) is 0.732. The van der Waals surface area contributed by atoms with Crippen LogP contribution in [0.3, 0.4) is 0 Å². The van der Waals surface area contributed by atoms with Crippen LogP contribution < -0.4 is 0 Å². The number of aromatic hydroxyl groups is 1. The fourth-order valence-corrected chi connectivity index (χ4v) is 0.474. The Morgan fingerprint density at radius 3 is 2.13 bits per heavy atom. The molecule has 0 amide bonds. The summed E-state index contributed by atoms with van der Waals surface area (Å²) in [5.41, 5.74) is 0. The molecule has 0 atom stereocenters. The molecule has 1 rings (SSSR count). The van der Waals surface area contributed by atoms with Crippen LogP contribution in [0.25, 0.3) is 0 Å². The van der Waals surface area contributed by atoms with Crippen LogP contribution in [0.1, 0.15) is 0 Å². The summed E-state index contributed by atoms with van der Waals surface area (Å²) in [4.78, 5) is 12.5. The van der Waals surface area contributed by atoms with Crippen LogP contribution in [0.4, 0.5) is 13.2 Å². The number of rotatable bonds is 0. The molecule has 0 saturated carbocycles. The maximum absolute atomic E-state index is 10.6. The highest BCUT2D eigenvalue weighted by molar-refractivity contribution is 6.31. The lowest BCUT2D eigenvalue weighted by Crippen LogP contribution is -2.21. The van der Waals surface area contributed by atoms with Crippen molar-refractivity contribution < 1.29 is 28.2 Å².